The van der Waals surface area contributed by atoms with Gasteiger partial charge in [0.05, 0.1) is 0 Å². The third-order valence-corrected chi connectivity index (χ3v) is 23.8. The quantitative estimate of drug-likeness (QED) is 0.0421. The normalized spacial score (nSPS) is 11.8. The Bertz CT molecular complexity index is 1290. The monoisotopic (exact) mass is 1370 g/mol. The van der Waals surface area contributed by atoms with Crippen molar-refractivity contribution in [3.63, 3.8) is 0 Å². The van der Waals surface area contributed by atoms with Crippen LogP contribution in [0.2, 0.25) is 0 Å². The van der Waals surface area contributed by atoms with Crippen LogP contribution in [-0.2, 0) is 0 Å². The summed E-state index contributed by atoms with van der Waals surface area (Å²) in [5.41, 5.74) is 0. The van der Waals surface area contributed by atoms with Crippen molar-refractivity contribution in [2.24, 2.45) is 0 Å². The molecule has 0 bridgehead atoms. The molecular weight excluding hydrogens is 1180 g/mol. The fraction of sp³-hybridized carbons (Fsp3) is 0.980. The molecule has 0 saturated heterocycles. The summed E-state index contributed by atoms with van der Waals surface area (Å²) in [4.78, 5) is 0. The van der Waals surface area contributed by atoms with Gasteiger partial charge in [0.2, 0.25) is 0 Å². The van der Waals surface area contributed by atoms with Crippen molar-refractivity contribution >= 4 is 0 Å². The average Bonchev–Trinajstić information content (AvgIpc) is 3.63. The van der Waals surface area contributed by atoms with Crippen LogP contribution < -0.4 is 0 Å². The van der Waals surface area contributed by atoms with Crippen LogP contribution in [0.25, 0.3) is 0 Å². The minimum Gasteiger partial charge on any atom is -0.103 e. The summed E-state index contributed by atoms with van der Waals surface area (Å²) < 4.78 is 0. The maximum Gasteiger partial charge on any atom is -0.0353 e. The molecule has 0 N–H and O–H groups in total. The molecule has 0 fully saturated rings. The first-order valence-electron chi connectivity index (χ1n) is 48.5. The van der Waals surface area contributed by atoms with E-state index in [0.717, 1.165) is 0 Å². The number of allylic oxidation sites excluding steroid dienone is 1. The van der Waals surface area contributed by atoms with Gasteiger partial charge in [0.15, 0.2) is 0 Å². The first-order valence-corrected chi connectivity index (χ1v) is 48.5. The highest BCUT2D eigenvalue weighted by Crippen LogP contribution is 2.23. The van der Waals surface area contributed by atoms with Gasteiger partial charge in [0, 0.05) is 0 Å². The van der Waals surface area contributed by atoms with Crippen molar-refractivity contribution < 1.29 is 0 Å². The van der Waals surface area contributed by atoms with Crippen molar-refractivity contribution in [1.29, 1.82) is 0 Å². The second-order valence-corrected chi connectivity index (χ2v) is 34.0. The van der Waals surface area contributed by atoms with Gasteiger partial charge >= 0.3 is 0 Å². The highest BCUT2D eigenvalue weighted by Gasteiger charge is 2.04. The van der Waals surface area contributed by atoms with Gasteiger partial charge in [-0.05, 0) is 12.8 Å². The minimum absolute atomic E-state index is 1.21. The zero-order chi connectivity index (χ0) is 69.9. The lowest BCUT2D eigenvalue weighted by atomic mass is 10.0. The van der Waals surface area contributed by atoms with Crippen molar-refractivity contribution in [2.75, 3.05) is 0 Å². The van der Waals surface area contributed by atoms with Gasteiger partial charge in [-0.3, -0.25) is 0 Å². The molecule has 0 nitrogen and oxygen atoms in total. The Labute approximate surface area is 625 Å². The van der Waals surface area contributed by atoms with E-state index < -0.39 is 0 Å². The third-order valence-electron chi connectivity index (χ3n) is 23.8. The first-order chi connectivity index (χ1) is 48.9. The van der Waals surface area contributed by atoms with Gasteiger partial charge in [-0.25, -0.2) is 0 Å². The molecule has 0 atom stereocenters. The molecular formula is C98H196. The summed E-state index contributed by atoms with van der Waals surface area (Å²) in [6, 6.07) is 0. The van der Waals surface area contributed by atoms with Gasteiger partial charge in [0.25, 0.3) is 0 Å². The molecule has 0 rings (SSSR count). The van der Waals surface area contributed by atoms with Crippen LogP contribution >= 0.6 is 0 Å². The van der Waals surface area contributed by atoms with Crippen molar-refractivity contribution in [3.05, 3.63) is 12.7 Å². The predicted molar refractivity (Wildman–Crippen MR) is 454 cm³/mol. The minimum atomic E-state index is 1.21. The molecule has 0 unspecified atom stereocenters. The molecule has 0 aliphatic rings. The van der Waals surface area contributed by atoms with E-state index in [1.54, 1.807) is 0 Å². The fourth-order valence-electron chi connectivity index (χ4n) is 16.6. The lowest BCUT2D eigenvalue weighted by molar-refractivity contribution is 0.505. The zero-order valence-electron chi connectivity index (χ0n) is 69.5. The molecule has 0 radical (unpaired) electrons. The summed E-state index contributed by atoms with van der Waals surface area (Å²) >= 11 is 0. The lowest BCUT2D eigenvalue weighted by Crippen LogP contribution is -1.85. The molecule has 588 valence electrons. The van der Waals surface area contributed by atoms with E-state index >= 15 is 0 Å². The van der Waals surface area contributed by atoms with Gasteiger partial charge in [0.1, 0.15) is 0 Å². The second-order valence-electron chi connectivity index (χ2n) is 34.0. The Morgan fingerprint density at radius 1 is 0.102 bits per heavy atom. The largest absolute Gasteiger partial charge is 0.103 e. The summed E-state index contributed by atoms with van der Waals surface area (Å²) in [6.07, 6.45) is 143. The van der Waals surface area contributed by atoms with Crippen LogP contribution in [-0.4, -0.2) is 0 Å². The topological polar surface area (TPSA) is 0 Å². The van der Waals surface area contributed by atoms with E-state index in [2.05, 4.69) is 19.6 Å². The average molecular weight is 1370 g/mol. The Morgan fingerprint density at radius 3 is 0.224 bits per heavy atom. The van der Waals surface area contributed by atoms with Crippen LogP contribution in [0.3, 0.4) is 0 Å². The summed E-state index contributed by atoms with van der Waals surface area (Å²) in [7, 11) is 0. The molecule has 0 aromatic rings. The number of unbranched alkanes of at least 4 members (excludes halogenated alkanes) is 94. The number of hydrogen-bond acceptors (Lipinski definition) is 0. The molecule has 0 spiro atoms. The molecule has 98 heavy (non-hydrogen) atoms. The maximum atomic E-state index is 3.83. The zero-order valence-corrected chi connectivity index (χ0v) is 69.5. The van der Waals surface area contributed by atoms with Crippen LogP contribution in [0.15, 0.2) is 12.7 Å². The van der Waals surface area contributed by atoms with E-state index in [4.69, 9.17) is 0 Å². The summed E-state index contributed by atoms with van der Waals surface area (Å²) in [6.45, 7) is 6.14. The molecule has 0 aromatic carbocycles. The lowest BCUT2D eigenvalue weighted by Gasteiger charge is -2.05. The summed E-state index contributed by atoms with van der Waals surface area (Å²) in [5, 5.41) is 0. The standard InChI is InChI=1S/C98H196/c1-3-5-7-9-11-13-15-17-19-21-23-25-27-29-31-33-35-37-39-41-43-45-47-49-51-53-55-57-59-61-63-65-67-69-71-73-75-77-79-81-83-85-87-89-91-93-95-97-98-96-94-92-90-88-86-84-82-80-78-76-74-72-70-68-66-64-62-60-58-56-54-52-50-48-46-44-42-40-38-36-34-32-30-28-26-24-22-20-18-16-14-12-10-8-6-4-2/h3H,1,4-98H2,2H3. The van der Waals surface area contributed by atoms with Gasteiger partial charge in [-0.2, -0.15) is 0 Å². The highest BCUT2D eigenvalue weighted by molar-refractivity contribution is 4.66. The molecule has 0 aromatic heterocycles. The third kappa shape index (κ3) is 95.7. The Balaban J connectivity index is 3.09. The smallest absolute Gasteiger partial charge is 0.0353 e. The molecule has 0 aliphatic heterocycles. The maximum absolute atomic E-state index is 3.83. The molecule has 0 heteroatoms. The number of rotatable bonds is 95. The van der Waals surface area contributed by atoms with Crippen LogP contribution in [0.4, 0.5) is 0 Å². The van der Waals surface area contributed by atoms with Gasteiger partial charge in [-0.15, -0.1) is 6.58 Å². The van der Waals surface area contributed by atoms with Crippen LogP contribution in [0.5, 0.6) is 0 Å². The molecule has 0 saturated carbocycles. The highest BCUT2D eigenvalue weighted by atomic mass is 14.1. The number of hydrogen-bond donors (Lipinski definition) is 0. The Kier molecular flexibility index (Phi) is 96.5. The van der Waals surface area contributed by atoms with E-state index in [9.17, 15) is 0 Å². The van der Waals surface area contributed by atoms with E-state index in [1.165, 1.54) is 610 Å². The van der Waals surface area contributed by atoms with Crippen LogP contribution in [0, 0.1) is 0 Å². The van der Waals surface area contributed by atoms with E-state index in [1.807, 2.05) is 0 Å². The van der Waals surface area contributed by atoms with Crippen molar-refractivity contribution in [2.45, 2.75) is 617 Å². The second kappa shape index (κ2) is 96.7. The Hall–Kier alpha value is -0.260. The molecule has 0 heterocycles. The SMILES string of the molecule is C=CCCCCCCCCCCCCCCCCCCCCCCCCCCCCCCCCCCCCCCCCCCCCCCCCCCCCCCCCCCCCCCCCCCCCCCCCCCCCCCCCCCCCCCCCCCCCCCCC. The predicted octanol–water partition coefficient (Wildman–Crippen LogP) is 38.3. The van der Waals surface area contributed by atoms with E-state index in [-0.39, 0.29) is 0 Å². The fourth-order valence-corrected chi connectivity index (χ4v) is 16.6. The first kappa shape index (κ1) is 97.7. The van der Waals surface area contributed by atoms with Crippen LogP contribution in [0.1, 0.15) is 617 Å². The van der Waals surface area contributed by atoms with Crippen molar-refractivity contribution in [3.8, 4) is 0 Å². The molecule has 0 amide bonds. The Morgan fingerprint density at radius 2 is 0.163 bits per heavy atom. The summed E-state index contributed by atoms with van der Waals surface area (Å²) in [5.74, 6) is 0. The van der Waals surface area contributed by atoms with Gasteiger partial charge in [-0.1, -0.05) is 610 Å². The van der Waals surface area contributed by atoms with Crippen molar-refractivity contribution in [1.82, 2.24) is 0 Å². The van der Waals surface area contributed by atoms with E-state index in [0.29, 0.717) is 0 Å². The van der Waals surface area contributed by atoms with Gasteiger partial charge < -0.3 is 0 Å². The molecule has 0 aliphatic carbocycles.